The van der Waals surface area contributed by atoms with E-state index in [0.717, 1.165) is 6.29 Å². The second-order valence-electron chi connectivity index (χ2n) is 3.54. The molecule has 1 unspecified atom stereocenters. The fourth-order valence-corrected chi connectivity index (χ4v) is 1.79. The summed E-state index contributed by atoms with van der Waals surface area (Å²) in [6.45, 7) is 2.10. The molecule has 1 aliphatic heterocycles. The van der Waals surface area contributed by atoms with Crippen LogP contribution in [0, 0.1) is 0 Å². The number of nitrogens with one attached hydrogen (secondary N) is 1. The van der Waals surface area contributed by atoms with E-state index < -0.39 is 12.1 Å². The summed E-state index contributed by atoms with van der Waals surface area (Å²) >= 11 is 0. The molecular weight excluding hydrogens is 198 g/mol. The molecule has 84 valence electrons. The monoisotopic (exact) mass is 213 g/mol. The second kappa shape index (κ2) is 4.77. The predicted octanol–water partition coefficient (Wildman–Crippen LogP) is -0.767. The fraction of sp³-hybridized carbons (Fsp3) is 0.667. The van der Waals surface area contributed by atoms with Gasteiger partial charge in [-0.1, -0.05) is 6.92 Å². The number of carbonyl (C=O) groups excluding carboxylic acids is 3. The van der Waals surface area contributed by atoms with Crippen LogP contribution in [0.4, 0.5) is 4.79 Å². The molecule has 0 aliphatic carbocycles. The number of aldehydes is 1. The number of primary amides is 1. The highest BCUT2D eigenvalue weighted by atomic mass is 16.2. The van der Waals surface area contributed by atoms with Gasteiger partial charge < -0.3 is 20.7 Å². The van der Waals surface area contributed by atoms with E-state index in [-0.39, 0.29) is 11.9 Å². The minimum Gasteiger partial charge on any atom is -0.352 e. The maximum Gasteiger partial charge on any atom is 0.312 e. The summed E-state index contributed by atoms with van der Waals surface area (Å²) in [5, 5.41) is 2.50. The Kier molecular flexibility index (Phi) is 3.65. The molecule has 0 spiro atoms. The van der Waals surface area contributed by atoms with E-state index in [1.54, 1.807) is 6.92 Å². The van der Waals surface area contributed by atoms with Crippen molar-refractivity contribution in [3.8, 4) is 0 Å². The zero-order chi connectivity index (χ0) is 11.4. The Morgan fingerprint density at radius 2 is 2.27 bits per heavy atom. The molecule has 6 heteroatoms. The van der Waals surface area contributed by atoms with Crippen molar-refractivity contribution >= 4 is 18.2 Å². The Bertz CT molecular complexity index is 280. The molecule has 2 atom stereocenters. The first kappa shape index (κ1) is 11.5. The van der Waals surface area contributed by atoms with Crippen LogP contribution in [0.1, 0.15) is 19.8 Å². The Hall–Kier alpha value is -1.59. The van der Waals surface area contributed by atoms with Gasteiger partial charge in [0, 0.05) is 13.0 Å². The lowest BCUT2D eigenvalue weighted by Gasteiger charge is -2.19. The van der Waals surface area contributed by atoms with E-state index in [2.05, 4.69) is 5.32 Å². The molecule has 0 saturated carbocycles. The average molecular weight is 213 g/mol. The van der Waals surface area contributed by atoms with E-state index in [1.165, 1.54) is 4.90 Å². The Morgan fingerprint density at radius 3 is 2.73 bits per heavy atom. The van der Waals surface area contributed by atoms with Crippen LogP contribution in [0.25, 0.3) is 0 Å². The number of amides is 3. The molecule has 0 aromatic rings. The fourth-order valence-electron chi connectivity index (χ4n) is 1.79. The third-order valence-electron chi connectivity index (χ3n) is 2.47. The van der Waals surface area contributed by atoms with Crippen LogP contribution in [0.5, 0.6) is 0 Å². The summed E-state index contributed by atoms with van der Waals surface area (Å²) in [7, 11) is 0. The maximum atomic E-state index is 11.4. The van der Waals surface area contributed by atoms with Gasteiger partial charge in [0.25, 0.3) is 0 Å². The molecule has 0 aromatic carbocycles. The highest BCUT2D eigenvalue weighted by molar-refractivity contribution is 5.80. The molecule has 1 saturated heterocycles. The van der Waals surface area contributed by atoms with E-state index in [4.69, 9.17) is 5.73 Å². The van der Waals surface area contributed by atoms with Gasteiger partial charge in [0.15, 0.2) is 0 Å². The molecule has 0 radical (unpaired) electrons. The van der Waals surface area contributed by atoms with Crippen molar-refractivity contribution in [1.29, 1.82) is 0 Å². The van der Waals surface area contributed by atoms with Crippen LogP contribution in [-0.2, 0) is 9.59 Å². The van der Waals surface area contributed by atoms with Crippen molar-refractivity contribution in [2.75, 3.05) is 6.54 Å². The summed E-state index contributed by atoms with van der Waals surface area (Å²) in [6, 6.07) is -1.28. The summed E-state index contributed by atoms with van der Waals surface area (Å²) in [6.07, 6.45) is 1.53. The van der Waals surface area contributed by atoms with Gasteiger partial charge in [-0.05, 0) is 6.42 Å². The van der Waals surface area contributed by atoms with Crippen LogP contribution in [0.3, 0.4) is 0 Å². The van der Waals surface area contributed by atoms with Gasteiger partial charge in [-0.15, -0.1) is 0 Å². The average Bonchev–Trinajstić information content (AvgIpc) is 2.58. The van der Waals surface area contributed by atoms with Gasteiger partial charge in [0.05, 0.1) is 12.1 Å². The zero-order valence-electron chi connectivity index (χ0n) is 8.60. The van der Waals surface area contributed by atoms with Crippen LogP contribution in [0.2, 0.25) is 0 Å². The third-order valence-corrected chi connectivity index (χ3v) is 2.47. The van der Waals surface area contributed by atoms with Gasteiger partial charge >= 0.3 is 6.03 Å². The Labute approximate surface area is 87.8 Å². The quantitative estimate of drug-likeness (QED) is 0.603. The van der Waals surface area contributed by atoms with Gasteiger partial charge in [0.2, 0.25) is 5.91 Å². The van der Waals surface area contributed by atoms with E-state index in [9.17, 15) is 14.4 Å². The summed E-state index contributed by atoms with van der Waals surface area (Å²) in [4.78, 5) is 34.3. The van der Waals surface area contributed by atoms with Crippen LogP contribution in [0.15, 0.2) is 0 Å². The van der Waals surface area contributed by atoms with Crippen LogP contribution >= 0.6 is 0 Å². The molecule has 15 heavy (non-hydrogen) atoms. The SMILES string of the molecule is CCC(=O)N1CC(NC(N)=O)C[C@H]1C=O. The molecule has 1 heterocycles. The highest BCUT2D eigenvalue weighted by Gasteiger charge is 2.34. The minimum atomic E-state index is -0.629. The summed E-state index contributed by atoms with van der Waals surface area (Å²) < 4.78 is 0. The van der Waals surface area contributed by atoms with Crippen molar-refractivity contribution < 1.29 is 14.4 Å². The van der Waals surface area contributed by atoms with Crippen molar-refractivity contribution in [3.63, 3.8) is 0 Å². The molecule has 1 rings (SSSR count). The van der Waals surface area contributed by atoms with Gasteiger partial charge in [-0.3, -0.25) is 4.79 Å². The Balaban J connectivity index is 2.62. The number of carbonyl (C=O) groups is 3. The molecule has 0 bridgehead atoms. The summed E-state index contributed by atoms with van der Waals surface area (Å²) in [5.74, 6) is -0.0825. The first-order chi connectivity index (χ1) is 7.08. The largest absolute Gasteiger partial charge is 0.352 e. The van der Waals surface area contributed by atoms with Crippen LogP contribution < -0.4 is 11.1 Å². The lowest BCUT2D eigenvalue weighted by molar-refractivity contribution is -0.134. The van der Waals surface area contributed by atoms with Gasteiger partial charge in [0.1, 0.15) is 6.29 Å². The zero-order valence-corrected chi connectivity index (χ0v) is 8.60. The number of hydrogen-bond donors (Lipinski definition) is 2. The second-order valence-corrected chi connectivity index (χ2v) is 3.54. The third kappa shape index (κ3) is 2.68. The predicted molar refractivity (Wildman–Crippen MR) is 53.0 cm³/mol. The molecular formula is C9H15N3O3. The van der Waals surface area contributed by atoms with Crippen molar-refractivity contribution in [2.24, 2.45) is 5.73 Å². The lowest BCUT2D eigenvalue weighted by atomic mass is 10.2. The van der Waals surface area contributed by atoms with E-state index in [0.29, 0.717) is 19.4 Å². The van der Waals surface area contributed by atoms with Gasteiger partial charge in [-0.2, -0.15) is 0 Å². The standard InChI is InChI=1S/C9H15N3O3/c1-2-8(14)12-4-6(11-9(10)15)3-7(12)5-13/h5-7H,2-4H2,1H3,(H3,10,11,15)/t6?,7-/m0/s1. The molecule has 3 N–H and O–H groups in total. The number of hydrogen-bond acceptors (Lipinski definition) is 3. The topological polar surface area (TPSA) is 92.5 Å². The smallest absolute Gasteiger partial charge is 0.312 e. The minimum absolute atomic E-state index is 0.0825. The Morgan fingerprint density at radius 1 is 1.60 bits per heavy atom. The van der Waals surface area contributed by atoms with Crippen LogP contribution in [-0.4, -0.2) is 41.8 Å². The number of urea groups is 1. The van der Waals surface area contributed by atoms with Crippen molar-refractivity contribution in [1.82, 2.24) is 10.2 Å². The first-order valence-corrected chi connectivity index (χ1v) is 4.89. The van der Waals surface area contributed by atoms with Crippen molar-refractivity contribution in [2.45, 2.75) is 31.8 Å². The maximum absolute atomic E-state index is 11.4. The number of nitrogens with two attached hydrogens (primary N) is 1. The molecule has 6 nitrogen and oxygen atoms in total. The normalized spacial score (nSPS) is 25.0. The molecule has 3 amide bonds. The van der Waals surface area contributed by atoms with Gasteiger partial charge in [-0.25, -0.2) is 4.79 Å². The number of rotatable bonds is 3. The van der Waals surface area contributed by atoms with E-state index in [1.807, 2.05) is 0 Å². The first-order valence-electron chi connectivity index (χ1n) is 4.89. The molecule has 1 aliphatic rings. The van der Waals surface area contributed by atoms with Crippen molar-refractivity contribution in [3.05, 3.63) is 0 Å². The lowest BCUT2D eigenvalue weighted by Crippen LogP contribution is -2.41. The van der Waals surface area contributed by atoms with E-state index >= 15 is 0 Å². The molecule has 0 aromatic heterocycles. The number of nitrogens with zero attached hydrogens (tertiary/aromatic N) is 1. The summed E-state index contributed by atoms with van der Waals surface area (Å²) in [5.41, 5.74) is 4.97. The number of likely N-dealkylation sites (tertiary alicyclic amines) is 1. The molecule has 1 fully saturated rings. The highest BCUT2D eigenvalue weighted by Crippen LogP contribution is 2.17.